The van der Waals surface area contributed by atoms with Crippen molar-refractivity contribution in [2.24, 2.45) is 4.99 Å². The quantitative estimate of drug-likeness (QED) is 0.233. The van der Waals surface area contributed by atoms with Crippen LogP contribution >= 0.6 is 27.3 Å². The number of nitrogens with zero attached hydrogens (tertiary/aromatic N) is 2. The van der Waals surface area contributed by atoms with Crippen LogP contribution in [0.2, 0.25) is 0 Å². The van der Waals surface area contributed by atoms with Crippen LogP contribution in [-0.4, -0.2) is 51.7 Å². The van der Waals surface area contributed by atoms with E-state index in [-0.39, 0.29) is 24.3 Å². The Hall–Kier alpha value is -3.41. The molecular formula is C29H31BrN2O7S. The molecule has 0 saturated carbocycles. The van der Waals surface area contributed by atoms with E-state index in [2.05, 4.69) is 20.9 Å². The maximum Gasteiger partial charge on any atom is 0.338 e. The molecule has 2 heterocycles. The number of rotatable bonds is 11. The largest absolute Gasteiger partial charge is 0.493 e. The summed E-state index contributed by atoms with van der Waals surface area (Å²) in [7, 11) is 4.65. The van der Waals surface area contributed by atoms with E-state index in [0.29, 0.717) is 44.4 Å². The number of carbonyl (C=O) groups excluding carboxylic acids is 1. The van der Waals surface area contributed by atoms with Gasteiger partial charge in [-0.05, 0) is 43.2 Å². The van der Waals surface area contributed by atoms with Crippen LogP contribution in [0.15, 0.2) is 61.9 Å². The summed E-state index contributed by atoms with van der Waals surface area (Å²) in [5.41, 5.74) is 1.84. The van der Waals surface area contributed by atoms with E-state index in [1.807, 2.05) is 31.2 Å². The fourth-order valence-electron chi connectivity index (χ4n) is 4.34. The number of ether oxygens (including phenoxy) is 5. The Balaban J connectivity index is 1.93. The molecule has 11 heteroatoms. The number of carbonyl (C=O) groups is 1. The highest BCUT2D eigenvalue weighted by atomic mass is 79.9. The zero-order valence-electron chi connectivity index (χ0n) is 23.0. The normalized spacial score (nSPS) is 14.9. The molecule has 0 unspecified atom stereocenters. The van der Waals surface area contributed by atoms with Crippen LogP contribution in [0.3, 0.4) is 0 Å². The van der Waals surface area contributed by atoms with E-state index in [4.69, 9.17) is 23.7 Å². The molecule has 1 aromatic heterocycles. The second-order valence-electron chi connectivity index (χ2n) is 8.83. The van der Waals surface area contributed by atoms with E-state index in [9.17, 15) is 9.59 Å². The van der Waals surface area contributed by atoms with Gasteiger partial charge in [-0.2, -0.15) is 0 Å². The summed E-state index contributed by atoms with van der Waals surface area (Å²) in [6.07, 6.45) is 2.57. The first-order valence-corrected chi connectivity index (χ1v) is 14.3. The van der Waals surface area contributed by atoms with Gasteiger partial charge in [0.25, 0.3) is 5.56 Å². The van der Waals surface area contributed by atoms with Gasteiger partial charge in [0, 0.05) is 17.1 Å². The molecule has 212 valence electrons. The number of para-hydroxylation sites is 1. The number of hydrogen-bond acceptors (Lipinski definition) is 9. The molecule has 40 heavy (non-hydrogen) atoms. The van der Waals surface area contributed by atoms with Crippen molar-refractivity contribution in [2.45, 2.75) is 26.3 Å². The Kier molecular flexibility index (Phi) is 9.83. The molecule has 0 fully saturated rings. The molecule has 0 bridgehead atoms. The van der Waals surface area contributed by atoms with E-state index in [0.717, 1.165) is 16.5 Å². The number of hydrogen-bond donors (Lipinski definition) is 0. The maximum atomic E-state index is 14.0. The average molecular weight is 632 g/mol. The number of esters is 1. The first-order valence-electron chi connectivity index (χ1n) is 12.7. The van der Waals surface area contributed by atoms with Gasteiger partial charge in [-0.15, -0.1) is 0 Å². The first kappa shape index (κ1) is 29.6. The highest BCUT2D eigenvalue weighted by Gasteiger charge is 2.35. The van der Waals surface area contributed by atoms with Gasteiger partial charge in [0.15, 0.2) is 16.3 Å². The summed E-state index contributed by atoms with van der Waals surface area (Å²) in [4.78, 5) is 32.6. The number of benzene rings is 2. The summed E-state index contributed by atoms with van der Waals surface area (Å²) >= 11 is 4.80. The van der Waals surface area contributed by atoms with E-state index in [1.165, 1.54) is 18.4 Å². The van der Waals surface area contributed by atoms with Gasteiger partial charge in [-0.3, -0.25) is 9.36 Å². The van der Waals surface area contributed by atoms with Gasteiger partial charge in [0.2, 0.25) is 0 Å². The molecule has 3 aromatic rings. The number of halogens is 1. The summed E-state index contributed by atoms with van der Waals surface area (Å²) in [5, 5.41) is 0. The Labute approximate surface area is 244 Å². The SMILES string of the molecule is CCCOc1ccccc1[C@@H]1C(C(=O)OCCOC)=C(C)N=c2s/c(=C/c3cc(OC)c(OC)cc3Br)c(=O)n21. The molecule has 0 saturated heterocycles. The molecule has 1 aliphatic heterocycles. The third-order valence-electron chi connectivity index (χ3n) is 6.23. The van der Waals surface area contributed by atoms with Crippen molar-refractivity contribution in [3.8, 4) is 17.2 Å². The van der Waals surface area contributed by atoms with Gasteiger partial charge in [0.05, 0.1) is 43.2 Å². The fourth-order valence-corrected chi connectivity index (χ4v) is 5.82. The average Bonchev–Trinajstić information content (AvgIpc) is 3.26. The fraction of sp³-hybridized carbons (Fsp3) is 0.345. The Bertz CT molecular complexity index is 1610. The van der Waals surface area contributed by atoms with Crippen molar-refractivity contribution >= 4 is 39.3 Å². The Morgan fingerprint density at radius 1 is 1.07 bits per heavy atom. The molecule has 1 atom stereocenters. The van der Waals surface area contributed by atoms with Crippen molar-refractivity contribution in [1.29, 1.82) is 0 Å². The first-order chi connectivity index (χ1) is 19.3. The summed E-state index contributed by atoms with van der Waals surface area (Å²) < 4.78 is 30.1. The molecule has 0 radical (unpaired) electrons. The van der Waals surface area contributed by atoms with E-state index in [1.54, 1.807) is 43.9 Å². The van der Waals surface area contributed by atoms with Crippen LogP contribution < -0.4 is 29.1 Å². The molecule has 0 spiro atoms. The zero-order chi connectivity index (χ0) is 28.8. The van der Waals surface area contributed by atoms with Crippen molar-refractivity contribution in [3.05, 3.63) is 83.0 Å². The monoisotopic (exact) mass is 630 g/mol. The highest BCUT2D eigenvalue weighted by Crippen LogP contribution is 2.36. The molecule has 0 amide bonds. The lowest BCUT2D eigenvalue weighted by molar-refractivity contribution is -0.140. The Morgan fingerprint density at radius 3 is 2.50 bits per heavy atom. The molecule has 2 aromatic carbocycles. The van der Waals surface area contributed by atoms with Crippen molar-refractivity contribution in [1.82, 2.24) is 4.57 Å². The number of allylic oxidation sites excluding steroid dienone is 1. The highest BCUT2D eigenvalue weighted by molar-refractivity contribution is 9.10. The lowest BCUT2D eigenvalue weighted by Gasteiger charge is -2.26. The minimum Gasteiger partial charge on any atom is -0.493 e. The number of thiazole rings is 1. The number of methoxy groups -OCH3 is 3. The number of fused-ring (bicyclic) bond motifs is 1. The molecular weight excluding hydrogens is 600 g/mol. The zero-order valence-corrected chi connectivity index (χ0v) is 25.4. The summed E-state index contributed by atoms with van der Waals surface area (Å²) in [6.45, 7) is 4.57. The minimum absolute atomic E-state index is 0.0740. The van der Waals surface area contributed by atoms with Crippen molar-refractivity contribution in [2.75, 3.05) is 41.2 Å². The van der Waals surface area contributed by atoms with Gasteiger partial charge in [-0.25, -0.2) is 9.79 Å². The predicted molar refractivity (Wildman–Crippen MR) is 156 cm³/mol. The molecule has 0 aliphatic carbocycles. The van der Waals surface area contributed by atoms with Crippen LogP contribution in [0.4, 0.5) is 0 Å². The van der Waals surface area contributed by atoms with Crippen LogP contribution in [-0.2, 0) is 14.3 Å². The minimum atomic E-state index is -0.796. The smallest absolute Gasteiger partial charge is 0.338 e. The van der Waals surface area contributed by atoms with Crippen LogP contribution in [0, 0.1) is 0 Å². The topological polar surface area (TPSA) is 97.6 Å². The number of aromatic nitrogens is 1. The van der Waals surface area contributed by atoms with Crippen molar-refractivity contribution < 1.29 is 28.5 Å². The van der Waals surface area contributed by atoms with Crippen LogP contribution in [0.25, 0.3) is 6.08 Å². The third-order valence-corrected chi connectivity index (χ3v) is 7.90. The molecule has 9 nitrogen and oxygen atoms in total. The van der Waals surface area contributed by atoms with Gasteiger partial charge in [0.1, 0.15) is 18.4 Å². The summed E-state index contributed by atoms with van der Waals surface area (Å²) in [5.74, 6) is 1.11. The van der Waals surface area contributed by atoms with Crippen LogP contribution in [0.1, 0.15) is 37.4 Å². The molecule has 1 aliphatic rings. The predicted octanol–water partition coefficient (Wildman–Crippen LogP) is 3.99. The lowest BCUT2D eigenvalue weighted by Crippen LogP contribution is -2.40. The van der Waals surface area contributed by atoms with Gasteiger partial charge < -0.3 is 23.7 Å². The second-order valence-corrected chi connectivity index (χ2v) is 10.7. The van der Waals surface area contributed by atoms with Gasteiger partial charge in [-0.1, -0.05) is 52.4 Å². The second kappa shape index (κ2) is 13.3. The third kappa shape index (κ3) is 6.01. The summed E-state index contributed by atoms with van der Waals surface area (Å²) in [6, 6.07) is 10.2. The van der Waals surface area contributed by atoms with E-state index >= 15 is 0 Å². The Morgan fingerprint density at radius 2 is 1.80 bits per heavy atom. The maximum absolute atomic E-state index is 14.0. The van der Waals surface area contributed by atoms with Gasteiger partial charge >= 0.3 is 5.97 Å². The van der Waals surface area contributed by atoms with Crippen LogP contribution in [0.5, 0.6) is 17.2 Å². The molecule has 0 N–H and O–H groups in total. The van der Waals surface area contributed by atoms with E-state index < -0.39 is 12.0 Å². The van der Waals surface area contributed by atoms with Crippen molar-refractivity contribution in [3.63, 3.8) is 0 Å². The standard InChI is InChI=1S/C29H31BrN2O7S/c1-6-11-38-21-10-8-7-9-19(21)26-25(28(34)39-13-12-35-3)17(2)31-29-32(26)27(33)24(40-29)15-18-14-22(36-4)23(37-5)16-20(18)30/h7-10,14-16,26H,6,11-13H2,1-5H3/b24-15+/t26-/m1/s1. The lowest BCUT2D eigenvalue weighted by atomic mass is 9.95. The molecule has 4 rings (SSSR count).